The van der Waals surface area contributed by atoms with Crippen LogP contribution in [-0.4, -0.2) is 34.6 Å². The predicted octanol–water partition coefficient (Wildman–Crippen LogP) is 5.85. The van der Waals surface area contributed by atoms with Crippen molar-refractivity contribution in [2.24, 2.45) is 11.8 Å². The number of carboxylic acids is 1. The number of hydrogen-bond donors (Lipinski definition) is 2. The summed E-state index contributed by atoms with van der Waals surface area (Å²) in [6, 6.07) is 9.95. The van der Waals surface area contributed by atoms with Crippen molar-refractivity contribution in [1.82, 2.24) is 9.88 Å². The average molecular weight is 433 g/mol. The number of nitrogens with one attached hydrogen (secondary N) is 1. The minimum Gasteiger partial charge on any atom is -0.496 e. The molecule has 0 amide bonds. The SMILES string of the molecule is COc1cc(C)c2[nH]cc(C)c2c1CN1CCC(C2CC2)C[C@H]1c1ccc(C(=O)O)cc1. The second-order valence-electron chi connectivity index (χ2n) is 9.63. The number of likely N-dealkylation sites (tertiary alicyclic amines) is 1. The van der Waals surface area contributed by atoms with Gasteiger partial charge in [-0.15, -0.1) is 0 Å². The van der Waals surface area contributed by atoms with Gasteiger partial charge in [0.05, 0.1) is 12.7 Å². The molecule has 1 aliphatic carbocycles. The van der Waals surface area contributed by atoms with Crippen LogP contribution < -0.4 is 4.74 Å². The van der Waals surface area contributed by atoms with Gasteiger partial charge >= 0.3 is 5.97 Å². The van der Waals surface area contributed by atoms with E-state index in [4.69, 9.17) is 4.74 Å². The van der Waals surface area contributed by atoms with Gasteiger partial charge < -0.3 is 14.8 Å². The Morgan fingerprint density at radius 1 is 1.12 bits per heavy atom. The summed E-state index contributed by atoms with van der Waals surface area (Å²) in [5, 5.41) is 10.6. The molecule has 1 saturated heterocycles. The molecule has 32 heavy (non-hydrogen) atoms. The molecule has 3 aromatic rings. The Bertz CT molecular complexity index is 1140. The maximum Gasteiger partial charge on any atom is 0.335 e. The topological polar surface area (TPSA) is 65.6 Å². The summed E-state index contributed by atoms with van der Waals surface area (Å²) < 4.78 is 5.85. The molecular weight excluding hydrogens is 400 g/mol. The Labute approximate surface area is 189 Å². The molecule has 0 spiro atoms. The fourth-order valence-corrected chi connectivity index (χ4v) is 5.66. The number of ether oxygens (including phenoxy) is 1. The van der Waals surface area contributed by atoms with E-state index in [0.29, 0.717) is 5.56 Å². The summed E-state index contributed by atoms with van der Waals surface area (Å²) in [5.41, 5.74) is 6.43. The predicted molar refractivity (Wildman–Crippen MR) is 126 cm³/mol. The van der Waals surface area contributed by atoms with Crippen molar-refractivity contribution in [1.29, 1.82) is 0 Å². The Morgan fingerprint density at radius 3 is 2.53 bits per heavy atom. The van der Waals surface area contributed by atoms with Crippen molar-refractivity contribution >= 4 is 16.9 Å². The minimum absolute atomic E-state index is 0.289. The highest BCUT2D eigenvalue weighted by molar-refractivity contribution is 5.91. The van der Waals surface area contributed by atoms with E-state index in [1.165, 1.54) is 52.4 Å². The van der Waals surface area contributed by atoms with E-state index in [9.17, 15) is 9.90 Å². The Hall–Kier alpha value is -2.79. The summed E-state index contributed by atoms with van der Waals surface area (Å²) in [5.74, 6) is 1.72. The minimum atomic E-state index is -0.873. The Kier molecular flexibility index (Phi) is 5.46. The zero-order valence-corrected chi connectivity index (χ0v) is 19.1. The lowest BCUT2D eigenvalue weighted by Crippen LogP contribution is -2.37. The van der Waals surface area contributed by atoms with Crippen molar-refractivity contribution < 1.29 is 14.6 Å². The third kappa shape index (κ3) is 3.79. The van der Waals surface area contributed by atoms with E-state index in [1.54, 1.807) is 19.2 Å². The molecule has 2 N–H and O–H groups in total. The van der Waals surface area contributed by atoms with E-state index in [-0.39, 0.29) is 6.04 Å². The number of aryl methyl sites for hydroxylation is 2. The molecule has 1 aromatic heterocycles. The molecule has 5 heteroatoms. The number of H-pyrrole nitrogens is 1. The lowest BCUT2D eigenvalue weighted by atomic mass is 9.83. The summed E-state index contributed by atoms with van der Waals surface area (Å²) in [6.07, 6.45) is 7.19. The fourth-order valence-electron chi connectivity index (χ4n) is 5.66. The average Bonchev–Trinajstić information content (AvgIpc) is 3.57. The number of aromatic amines is 1. The number of piperidine rings is 1. The van der Waals surface area contributed by atoms with E-state index < -0.39 is 5.97 Å². The van der Waals surface area contributed by atoms with Crippen molar-refractivity contribution in [3.05, 3.63) is 64.3 Å². The number of carboxylic acid groups (broad SMARTS) is 1. The highest BCUT2D eigenvalue weighted by atomic mass is 16.5. The molecule has 168 valence electrons. The molecule has 2 atom stereocenters. The zero-order valence-electron chi connectivity index (χ0n) is 19.1. The first-order valence-corrected chi connectivity index (χ1v) is 11.7. The number of hydrogen-bond acceptors (Lipinski definition) is 3. The molecule has 2 aliphatic rings. The second kappa shape index (κ2) is 8.28. The highest BCUT2D eigenvalue weighted by Crippen LogP contribution is 2.47. The number of fused-ring (bicyclic) bond motifs is 1. The summed E-state index contributed by atoms with van der Waals surface area (Å²) in [4.78, 5) is 17.4. The maximum atomic E-state index is 11.3. The third-order valence-corrected chi connectivity index (χ3v) is 7.58. The van der Waals surface area contributed by atoms with E-state index >= 15 is 0 Å². The third-order valence-electron chi connectivity index (χ3n) is 7.58. The number of aromatic nitrogens is 1. The van der Waals surface area contributed by atoms with Gasteiger partial charge in [-0.25, -0.2) is 4.79 Å². The quantitative estimate of drug-likeness (QED) is 0.512. The van der Waals surface area contributed by atoms with Crippen molar-refractivity contribution in [2.45, 2.75) is 52.1 Å². The molecule has 0 bridgehead atoms. The van der Waals surface area contributed by atoms with Crippen LogP contribution in [0.5, 0.6) is 5.75 Å². The lowest BCUT2D eigenvalue weighted by molar-refractivity contribution is 0.0696. The summed E-state index contributed by atoms with van der Waals surface area (Å²) >= 11 is 0. The van der Waals surface area contributed by atoms with Gasteiger partial charge in [0.15, 0.2) is 0 Å². The molecule has 5 rings (SSSR count). The van der Waals surface area contributed by atoms with Crippen LogP contribution in [0.3, 0.4) is 0 Å². The zero-order chi connectivity index (χ0) is 22.4. The monoisotopic (exact) mass is 432 g/mol. The van der Waals surface area contributed by atoms with Gasteiger partial charge in [0.2, 0.25) is 0 Å². The Morgan fingerprint density at radius 2 is 1.88 bits per heavy atom. The van der Waals surface area contributed by atoms with Gasteiger partial charge in [-0.05, 0) is 92.8 Å². The highest BCUT2D eigenvalue weighted by Gasteiger charge is 2.38. The first-order chi connectivity index (χ1) is 15.5. The van der Waals surface area contributed by atoms with E-state index in [0.717, 1.165) is 37.1 Å². The maximum absolute atomic E-state index is 11.3. The molecule has 5 nitrogen and oxygen atoms in total. The van der Waals surface area contributed by atoms with Gasteiger partial charge in [0.25, 0.3) is 0 Å². The summed E-state index contributed by atoms with van der Waals surface area (Å²) in [7, 11) is 1.76. The van der Waals surface area contributed by atoms with Gasteiger partial charge in [0.1, 0.15) is 5.75 Å². The smallest absolute Gasteiger partial charge is 0.335 e. The van der Waals surface area contributed by atoms with Crippen LogP contribution in [0.25, 0.3) is 10.9 Å². The molecule has 2 fully saturated rings. The molecule has 1 aliphatic heterocycles. The standard InChI is InChI=1S/C27H32N2O3/c1-16-12-24(32-3)22(25-17(2)14-28-26(16)25)15-29-11-10-21(18-4-5-18)13-23(29)19-6-8-20(9-7-19)27(30)31/h6-9,12,14,18,21,23,28H,4-5,10-11,13,15H2,1-3H3,(H,30,31)/t21?,23-/m0/s1. The van der Waals surface area contributed by atoms with E-state index in [2.05, 4.69) is 36.0 Å². The number of nitrogens with zero attached hydrogens (tertiary/aromatic N) is 1. The number of methoxy groups -OCH3 is 1. The number of rotatable bonds is 6. The van der Waals surface area contributed by atoms with Gasteiger partial charge in [-0.3, -0.25) is 4.90 Å². The van der Waals surface area contributed by atoms with Crippen LogP contribution in [0.15, 0.2) is 36.5 Å². The van der Waals surface area contributed by atoms with Crippen molar-refractivity contribution in [2.75, 3.05) is 13.7 Å². The fraction of sp³-hybridized carbons (Fsp3) is 0.444. The molecule has 2 heterocycles. The number of aromatic carboxylic acids is 1. The molecule has 2 aromatic carbocycles. The Balaban J connectivity index is 1.52. The van der Waals surface area contributed by atoms with Crippen LogP contribution in [0.4, 0.5) is 0 Å². The van der Waals surface area contributed by atoms with Gasteiger partial charge in [-0.2, -0.15) is 0 Å². The van der Waals surface area contributed by atoms with Gasteiger partial charge in [-0.1, -0.05) is 12.1 Å². The largest absolute Gasteiger partial charge is 0.496 e. The number of carbonyl (C=O) groups is 1. The van der Waals surface area contributed by atoms with Crippen molar-refractivity contribution in [3.8, 4) is 5.75 Å². The molecule has 0 radical (unpaired) electrons. The molecule has 1 unspecified atom stereocenters. The normalized spacial score (nSPS) is 21.7. The lowest BCUT2D eigenvalue weighted by Gasteiger charge is -2.40. The molecule has 1 saturated carbocycles. The van der Waals surface area contributed by atoms with Crippen LogP contribution in [0.1, 0.15) is 64.3 Å². The summed E-state index contributed by atoms with van der Waals surface area (Å²) in [6.45, 7) is 6.15. The van der Waals surface area contributed by atoms with Crippen LogP contribution in [-0.2, 0) is 6.54 Å². The van der Waals surface area contributed by atoms with Gasteiger partial charge in [0, 0.05) is 35.2 Å². The van der Waals surface area contributed by atoms with E-state index in [1.807, 2.05) is 12.1 Å². The molecular formula is C27H32N2O3. The number of benzene rings is 2. The van der Waals surface area contributed by atoms with Crippen LogP contribution in [0, 0.1) is 25.7 Å². The van der Waals surface area contributed by atoms with Crippen LogP contribution in [0.2, 0.25) is 0 Å². The second-order valence-corrected chi connectivity index (χ2v) is 9.63. The first-order valence-electron chi connectivity index (χ1n) is 11.7. The first kappa shape index (κ1) is 21.1. The van der Waals surface area contributed by atoms with Crippen molar-refractivity contribution in [3.63, 3.8) is 0 Å². The van der Waals surface area contributed by atoms with Crippen LogP contribution >= 0.6 is 0 Å².